The first kappa shape index (κ1) is 12.7. The van der Waals surface area contributed by atoms with Crippen LogP contribution >= 0.6 is 0 Å². The number of nitriles is 1. The first-order valence-corrected chi connectivity index (χ1v) is 8.37. The van der Waals surface area contributed by atoms with Gasteiger partial charge in [0.15, 0.2) is 0 Å². The molecule has 4 saturated carbocycles. The molecule has 20 heavy (non-hydrogen) atoms. The number of hydrogen-bond donors (Lipinski definition) is 0. The Bertz CT molecular complexity index is 429. The van der Waals surface area contributed by atoms with Crippen molar-refractivity contribution in [1.82, 2.24) is 4.90 Å². The summed E-state index contributed by atoms with van der Waals surface area (Å²) in [6.45, 7) is 1.58. The van der Waals surface area contributed by atoms with Crippen LogP contribution in [0.1, 0.15) is 51.4 Å². The average molecular weight is 272 g/mol. The fourth-order valence-corrected chi connectivity index (χ4v) is 5.97. The van der Waals surface area contributed by atoms with Crippen molar-refractivity contribution in [2.45, 2.75) is 51.4 Å². The van der Waals surface area contributed by atoms with Gasteiger partial charge in [0.05, 0.1) is 17.4 Å². The molecule has 5 aliphatic rings. The first-order valence-electron chi connectivity index (χ1n) is 8.37. The maximum Gasteiger partial charge on any atom is 0.228 e. The summed E-state index contributed by atoms with van der Waals surface area (Å²) < 4.78 is 0. The Kier molecular flexibility index (Phi) is 2.84. The first-order chi connectivity index (χ1) is 9.68. The van der Waals surface area contributed by atoms with Gasteiger partial charge in [0.1, 0.15) is 0 Å². The maximum atomic E-state index is 13.1. The quantitative estimate of drug-likeness (QED) is 0.736. The van der Waals surface area contributed by atoms with E-state index in [2.05, 4.69) is 6.07 Å². The average Bonchev–Trinajstić information content (AvgIpc) is 2.45. The van der Waals surface area contributed by atoms with Gasteiger partial charge < -0.3 is 4.90 Å². The number of rotatable bonds is 1. The summed E-state index contributed by atoms with van der Waals surface area (Å²) in [6.07, 6.45) is 9.56. The van der Waals surface area contributed by atoms with Gasteiger partial charge in [-0.05, 0) is 69.1 Å². The second-order valence-electron chi connectivity index (χ2n) is 7.92. The molecule has 0 spiro atoms. The van der Waals surface area contributed by atoms with Crippen LogP contribution in [0.15, 0.2) is 0 Å². The Labute approximate surface area is 121 Å². The van der Waals surface area contributed by atoms with Crippen molar-refractivity contribution >= 4 is 5.91 Å². The Morgan fingerprint density at radius 3 is 2.25 bits per heavy atom. The minimum absolute atomic E-state index is 0.0217. The van der Waals surface area contributed by atoms with Crippen LogP contribution in [0.4, 0.5) is 0 Å². The summed E-state index contributed by atoms with van der Waals surface area (Å²) in [5.74, 6) is 2.95. The normalized spacial score (nSPS) is 46.2. The van der Waals surface area contributed by atoms with Crippen LogP contribution in [0.2, 0.25) is 0 Å². The predicted octanol–water partition coefficient (Wildman–Crippen LogP) is 2.96. The lowest BCUT2D eigenvalue weighted by Crippen LogP contribution is -2.56. The van der Waals surface area contributed by atoms with E-state index in [4.69, 9.17) is 5.26 Å². The van der Waals surface area contributed by atoms with Crippen LogP contribution in [0.5, 0.6) is 0 Å². The number of nitrogens with zero attached hydrogens (tertiary/aromatic N) is 2. The van der Waals surface area contributed by atoms with Gasteiger partial charge >= 0.3 is 0 Å². The van der Waals surface area contributed by atoms with Crippen molar-refractivity contribution in [2.24, 2.45) is 29.1 Å². The highest BCUT2D eigenvalue weighted by Crippen LogP contribution is 2.60. The zero-order valence-electron chi connectivity index (χ0n) is 12.2. The summed E-state index contributed by atoms with van der Waals surface area (Å²) in [5.41, 5.74) is -0.0217. The molecule has 0 aromatic rings. The lowest BCUT2D eigenvalue weighted by molar-refractivity contribution is -0.159. The Hall–Kier alpha value is -1.04. The van der Waals surface area contributed by atoms with E-state index in [1.807, 2.05) is 4.90 Å². The standard InChI is InChI=1S/C17H24N2O/c18-10-12-2-1-3-19(11-12)16(20)17-7-13-4-14(8-17)6-15(5-13)9-17/h12-15H,1-9,11H2. The van der Waals surface area contributed by atoms with Crippen LogP contribution in [0.3, 0.4) is 0 Å². The second kappa shape index (κ2) is 4.48. The van der Waals surface area contributed by atoms with Gasteiger partial charge in [-0.3, -0.25) is 4.79 Å². The van der Waals surface area contributed by atoms with Crippen LogP contribution in [0.25, 0.3) is 0 Å². The summed E-state index contributed by atoms with van der Waals surface area (Å²) >= 11 is 0. The third-order valence-corrected chi connectivity index (χ3v) is 6.38. The van der Waals surface area contributed by atoms with Gasteiger partial charge in [-0.25, -0.2) is 0 Å². The third-order valence-electron chi connectivity index (χ3n) is 6.38. The molecule has 5 fully saturated rings. The topological polar surface area (TPSA) is 44.1 Å². The van der Waals surface area contributed by atoms with Crippen LogP contribution < -0.4 is 0 Å². The van der Waals surface area contributed by atoms with E-state index in [1.165, 1.54) is 19.3 Å². The molecule has 0 aromatic carbocycles. The van der Waals surface area contributed by atoms with Crippen molar-refractivity contribution in [1.29, 1.82) is 5.26 Å². The van der Waals surface area contributed by atoms with Crippen molar-refractivity contribution in [3.8, 4) is 6.07 Å². The zero-order valence-corrected chi connectivity index (χ0v) is 12.2. The van der Waals surface area contributed by atoms with Gasteiger partial charge in [-0.1, -0.05) is 0 Å². The van der Waals surface area contributed by atoms with E-state index in [1.54, 1.807) is 0 Å². The van der Waals surface area contributed by atoms with Crippen molar-refractivity contribution in [3.63, 3.8) is 0 Å². The van der Waals surface area contributed by atoms with Crippen LogP contribution in [-0.4, -0.2) is 23.9 Å². The van der Waals surface area contributed by atoms with Gasteiger partial charge in [0.2, 0.25) is 5.91 Å². The predicted molar refractivity (Wildman–Crippen MR) is 75.5 cm³/mol. The molecule has 5 rings (SSSR count). The van der Waals surface area contributed by atoms with Gasteiger partial charge in [-0.15, -0.1) is 0 Å². The molecule has 1 heterocycles. The molecule has 1 amide bonds. The number of carbonyl (C=O) groups excluding carboxylic acids is 1. The maximum absolute atomic E-state index is 13.1. The molecule has 1 atom stereocenters. The van der Waals surface area contributed by atoms with E-state index in [0.717, 1.165) is 56.4 Å². The lowest BCUT2D eigenvalue weighted by atomic mass is 9.49. The molecule has 0 radical (unpaired) electrons. The molecule has 3 heteroatoms. The Balaban J connectivity index is 1.55. The molecule has 0 aromatic heterocycles. The number of piperidine rings is 1. The van der Waals surface area contributed by atoms with E-state index >= 15 is 0 Å². The lowest BCUT2D eigenvalue weighted by Gasteiger charge is -2.57. The highest BCUT2D eigenvalue weighted by atomic mass is 16.2. The molecule has 0 N–H and O–H groups in total. The number of amides is 1. The molecule has 4 aliphatic carbocycles. The molecular weight excluding hydrogens is 248 g/mol. The fraction of sp³-hybridized carbons (Fsp3) is 0.882. The summed E-state index contributed by atoms with van der Waals surface area (Å²) in [5, 5.41) is 9.14. The minimum atomic E-state index is -0.0217. The molecule has 1 saturated heterocycles. The molecular formula is C17H24N2O. The smallest absolute Gasteiger partial charge is 0.228 e. The SMILES string of the molecule is N#CC1CCCN(C(=O)C23CC4CC(CC(C4)C2)C3)C1. The third kappa shape index (κ3) is 1.88. The molecule has 3 nitrogen and oxygen atoms in total. The Morgan fingerprint density at radius 2 is 1.70 bits per heavy atom. The number of likely N-dealkylation sites (tertiary alicyclic amines) is 1. The van der Waals surface area contributed by atoms with E-state index in [9.17, 15) is 4.79 Å². The van der Waals surface area contributed by atoms with Gasteiger partial charge in [0.25, 0.3) is 0 Å². The van der Waals surface area contributed by atoms with E-state index < -0.39 is 0 Å². The van der Waals surface area contributed by atoms with Crippen LogP contribution in [0, 0.1) is 40.4 Å². The molecule has 1 aliphatic heterocycles. The van der Waals surface area contributed by atoms with E-state index in [-0.39, 0.29) is 11.3 Å². The highest BCUT2D eigenvalue weighted by molar-refractivity contribution is 5.83. The van der Waals surface area contributed by atoms with Crippen molar-refractivity contribution in [3.05, 3.63) is 0 Å². The Morgan fingerprint density at radius 1 is 1.10 bits per heavy atom. The van der Waals surface area contributed by atoms with Gasteiger partial charge in [-0.2, -0.15) is 5.26 Å². The number of carbonyl (C=O) groups is 1. The summed E-state index contributed by atoms with van der Waals surface area (Å²) in [6, 6.07) is 2.37. The highest BCUT2D eigenvalue weighted by Gasteiger charge is 2.55. The molecule has 1 unspecified atom stereocenters. The fourth-order valence-electron chi connectivity index (χ4n) is 5.97. The molecule has 108 valence electrons. The monoisotopic (exact) mass is 272 g/mol. The molecule has 4 bridgehead atoms. The zero-order chi connectivity index (χ0) is 13.7. The summed E-state index contributed by atoms with van der Waals surface area (Å²) in [7, 11) is 0. The van der Waals surface area contributed by atoms with Crippen molar-refractivity contribution < 1.29 is 4.79 Å². The minimum Gasteiger partial charge on any atom is -0.341 e. The van der Waals surface area contributed by atoms with Crippen LogP contribution in [-0.2, 0) is 4.79 Å². The van der Waals surface area contributed by atoms with Crippen molar-refractivity contribution in [2.75, 3.05) is 13.1 Å². The van der Waals surface area contributed by atoms with Gasteiger partial charge in [0, 0.05) is 13.1 Å². The number of hydrogen-bond acceptors (Lipinski definition) is 2. The van der Waals surface area contributed by atoms with E-state index in [0.29, 0.717) is 12.5 Å². The largest absolute Gasteiger partial charge is 0.341 e. The second-order valence-corrected chi connectivity index (χ2v) is 7.92. The summed E-state index contributed by atoms with van der Waals surface area (Å²) in [4.78, 5) is 15.2.